The van der Waals surface area contributed by atoms with Gasteiger partial charge in [0.15, 0.2) is 6.61 Å². The average Bonchev–Trinajstić information content (AvgIpc) is 3.06. The van der Waals surface area contributed by atoms with Crippen LogP contribution in [-0.4, -0.2) is 30.8 Å². The van der Waals surface area contributed by atoms with Crippen LogP contribution in [0.2, 0.25) is 0 Å². The zero-order valence-corrected chi connectivity index (χ0v) is 16.6. The van der Waals surface area contributed by atoms with Crippen LogP contribution in [0.5, 0.6) is 0 Å². The number of carbonyl (C=O) groups is 3. The Hall–Kier alpha value is -2.25. The van der Waals surface area contributed by atoms with Crippen molar-refractivity contribution >= 4 is 51.0 Å². The summed E-state index contributed by atoms with van der Waals surface area (Å²) in [5.41, 5.74) is 0.852. The van der Waals surface area contributed by atoms with Gasteiger partial charge in [-0.25, -0.2) is 4.79 Å². The number of thiophene rings is 1. The summed E-state index contributed by atoms with van der Waals surface area (Å²) >= 11 is 4.70. The Kier molecular flexibility index (Phi) is 7.74. The predicted octanol–water partition coefficient (Wildman–Crippen LogP) is 3.63. The van der Waals surface area contributed by atoms with Crippen LogP contribution in [0.1, 0.15) is 27.0 Å². The molecule has 136 valence electrons. The molecule has 0 saturated carbocycles. The first-order valence-electron chi connectivity index (χ1n) is 7.91. The highest BCUT2D eigenvalue weighted by Gasteiger charge is 2.11. The molecule has 0 saturated heterocycles. The van der Waals surface area contributed by atoms with Crippen molar-refractivity contribution in [2.75, 3.05) is 13.2 Å². The van der Waals surface area contributed by atoms with Crippen molar-refractivity contribution in [3.05, 3.63) is 62.3 Å². The van der Waals surface area contributed by atoms with Gasteiger partial charge in [0, 0.05) is 28.9 Å². The minimum Gasteiger partial charge on any atom is -0.454 e. The smallest absolute Gasteiger partial charge is 0.331 e. The summed E-state index contributed by atoms with van der Waals surface area (Å²) in [6.07, 6.45) is 3.58. The summed E-state index contributed by atoms with van der Waals surface area (Å²) < 4.78 is 5.91. The summed E-state index contributed by atoms with van der Waals surface area (Å²) in [5, 5.41) is 2.71. The standard InChI is InChI=1S/C19H18BrNO4S/c1-13(22)21-10-9-16-6-7-18(26-16)17(23)12-25-19(24)8-5-14-3-2-4-15(20)11-14/h2-8,11H,9-10,12H2,1H3,(H,21,22)/b8-5+. The van der Waals surface area contributed by atoms with Crippen LogP contribution in [0, 0.1) is 0 Å². The van der Waals surface area contributed by atoms with Crippen LogP contribution < -0.4 is 5.32 Å². The van der Waals surface area contributed by atoms with Gasteiger partial charge in [0.2, 0.25) is 11.7 Å². The lowest BCUT2D eigenvalue weighted by atomic mass is 10.2. The number of rotatable bonds is 8. The quantitative estimate of drug-likeness (QED) is 0.390. The van der Waals surface area contributed by atoms with E-state index in [2.05, 4.69) is 21.2 Å². The van der Waals surface area contributed by atoms with E-state index in [0.717, 1.165) is 14.9 Å². The van der Waals surface area contributed by atoms with Crippen LogP contribution in [0.4, 0.5) is 0 Å². The first kappa shape index (κ1) is 20.1. The largest absolute Gasteiger partial charge is 0.454 e. The van der Waals surface area contributed by atoms with E-state index >= 15 is 0 Å². The van der Waals surface area contributed by atoms with Gasteiger partial charge in [-0.2, -0.15) is 0 Å². The first-order valence-corrected chi connectivity index (χ1v) is 9.52. The van der Waals surface area contributed by atoms with Gasteiger partial charge in [-0.1, -0.05) is 28.1 Å². The van der Waals surface area contributed by atoms with E-state index in [0.29, 0.717) is 17.8 Å². The Morgan fingerprint density at radius 1 is 1.23 bits per heavy atom. The molecule has 0 spiro atoms. The minimum absolute atomic E-state index is 0.0827. The Morgan fingerprint density at radius 3 is 2.77 bits per heavy atom. The topological polar surface area (TPSA) is 72.5 Å². The second-order valence-corrected chi connectivity index (χ2v) is 7.50. The number of benzene rings is 1. The fourth-order valence-electron chi connectivity index (χ4n) is 2.05. The minimum atomic E-state index is -0.569. The molecular formula is C19H18BrNO4S. The molecule has 2 aromatic rings. The highest BCUT2D eigenvalue weighted by molar-refractivity contribution is 9.10. The summed E-state index contributed by atoms with van der Waals surface area (Å²) in [7, 11) is 0. The van der Waals surface area contributed by atoms with Crippen LogP contribution >= 0.6 is 27.3 Å². The molecule has 1 N–H and O–H groups in total. The third-order valence-corrected chi connectivity index (χ3v) is 4.97. The van der Waals surface area contributed by atoms with Crippen molar-refractivity contribution in [3.8, 4) is 0 Å². The van der Waals surface area contributed by atoms with Gasteiger partial charge in [-0.05, 0) is 42.3 Å². The molecule has 26 heavy (non-hydrogen) atoms. The van der Waals surface area contributed by atoms with E-state index in [1.54, 1.807) is 12.1 Å². The van der Waals surface area contributed by atoms with Crippen molar-refractivity contribution in [1.82, 2.24) is 5.32 Å². The second kappa shape index (κ2) is 10.0. The molecule has 0 atom stereocenters. The maximum atomic E-state index is 12.1. The van der Waals surface area contributed by atoms with Gasteiger partial charge in [0.25, 0.3) is 0 Å². The van der Waals surface area contributed by atoms with Crippen LogP contribution in [0.15, 0.2) is 46.9 Å². The average molecular weight is 436 g/mol. The van der Waals surface area contributed by atoms with Gasteiger partial charge in [-0.3, -0.25) is 9.59 Å². The van der Waals surface area contributed by atoms with Crippen LogP contribution in [0.3, 0.4) is 0 Å². The van der Waals surface area contributed by atoms with E-state index in [-0.39, 0.29) is 18.3 Å². The molecule has 0 aliphatic heterocycles. The fourth-order valence-corrected chi connectivity index (χ4v) is 3.40. The highest BCUT2D eigenvalue weighted by Crippen LogP contribution is 2.17. The van der Waals surface area contributed by atoms with E-state index in [4.69, 9.17) is 4.74 Å². The summed E-state index contributed by atoms with van der Waals surface area (Å²) in [6.45, 7) is 1.69. The molecule has 0 fully saturated rings. The molecule has 0 radical (unpaired) electrons. The van der Waals surface area contributed by atoms with Crippen molar-refractivity contribution < 1.29 is 19.1 Å². The Balaban J connectivity index is 1.79. The monoisotopic (exact) mass is 435 g/mol. The second-order valence-electron chi connectivity index (χ2n) is 5.42. The summed E-state index contributed by atoms with van der Waals surface area (Å²) in [6, 6.07) is 11.0. The number of carbonyl (C=O) groups excluding carboxylic acids is 3. The lowest BCUT2D eigenvalue weighted by Crippen LogP contribution is -2.22. The molecule has 0 aliphatic rings. The van der Waals surface area contributed by atoms with Gasteiger partial charge in [0.1, 0.15) is 0 Å². The highest BCUT2D eigenvalue weighted by atomic mass is 79.9. The molecule has 1 heterocycles. The number of amides is 1. The Labute approximate surface area is 164 Å². The summed E-state index contributed by atoms with van der Waals surface area (Å²) in [4.78, 5) is 36.2. The lowest BCUT2D eigenvalue weighted by molar-refractivity contribution is -0.136. The fraction of sp³-hybridized carbons (Fsp3) is 0.211. The molecule has 1 aromatic heterocycles. The Morgan fingerprint density at radius 2 is 2.04 bits per heavy atom. The maximum absolute atomic E-state index is 12.1. The molecule has 0 bridgehead atoms. The molecule has 2 rings (SSSR count). The normalized spacial score (nSPS) is 10.7. The van der Waals surface area contributed by atoms with E-state index < -0.39 is 5.97 Å². The number of esters is 1. The number of Topliss-reactive ketones (excluding diaryl/α,β-unsaturated/α-hetero) is 1. The molecule has 7 heteroatoms. The van der Waals surface area contributed by atoms with E-state index in [9.17, 15) is 14.4 Å². The Bertz CT molecular complexity index is 828. The van der Waals surface area contributed by atoms with E-state index in [1.165, 1.54) is 24.3 Å². The molecule has 0 aliphatic carbocycles. The van der Waals surface area contributed by atoms with Gasteiger partial charge >= 0.3 is 5.97 Å². The van der Waals surface area contributed by atoms with E-state index in [1.807, 2.05) is 30.3 Å². The third-order valence-electron chi connectivity index (χ3n) is 3.29. The molecule has 1 amide bonds. The van der Waals surface area contributed by atoms with Crippen molar-refractivity contribution in [3.63, 3.8) is 0 Å². The van der Waals surface area contributed by atoms with Gasteiger partial charge in [0.05, 0.1) is 4.88 Å². The number of nitrogens with one attached hydrogen (secondary N) is 1. The molecule has 1 aromatic carbocycles. The SMILES string of the molecule is CC(=O)NCCc1ccc(C(=O)COC(=O)/C=C/c2cccc(Br)c2)s1. The van der Waals surface area contributed by atoms with Gasteiger partial charge < -0.3 is 10.1 Å². The zero-order valence-electron chi connectivity index (χ0n) is 14.2. The summed E-state index contributed by atoms with van der Waals surface area (Å²) in [5.74, 6) is -0.897. The molecule has 0 unspecified atom stereocenters. The van der Waals surface area contributed by atoms with Crippen molar-refractivity contribution in [1.29, 1.82) is 0 Å². The third kappa shape index (κ3) is 6.93. The van der Waals surface area contributed by atoms with Crippen LogP contribution in [-0.2, 0) is 20.7 Å². The van der Waals surface area contributed by atoms with Crippen molar-refractivity contribution in [2.24, 2.45) is 0 Å². The lowest BCUT2D eigenvalue weighted by Gasteiger charge is -2.00. The zero-order chi connectivity index (χ0) is 18.9. The maximum Gasteiger partial charge on any atom is 0.331 e. The number of halogens is 1. The van der Waals surface area contributed by atoms with Gasteiger partial charge in [-0.15, -0.1) is 11.3 Å². The number of ether oxygens (including phenoxy) is 1. The predicted molar refractivity (Wildman–Crippen MR) is 105 cm³/mol. The molecular weight excluding hydrogens is 418 g/mol. The molecule has 5 nitrogen and oxygen atoms in total. The number of ketones is 1. The number of hydrogen-bond acceptors (Lipinski definition) is 5. The first-order chi connectivity index (χ1) is 12.4. The number of hydrogen-bond donors (Lipinski definition) is 1. The van der Waals surface area contributed by atoms with Crippen molar-refractivity contribution in [2.45, 2.75) is 13.3 Å². The van der Waals surface area contributed by atoms with Crippen LogP contribution in [0.25, 0.3) is 6.08 Å².